The first-order chi connectivity index (χ1) is 12.3. The highest BCUT2D eigenvalue weighted by atomic mass is 19.1. The van der Waals surface area contributed by atoms with Gasteiger partial charge in [-0.2, -0.15) is 0 Å². The molecular weight excluding hydrogens is 376 g/mol. The van der Waals surface area contributed by atoms with E-state index in [4.69, 9.17) is 10.9 Å². The van der Waals surface area contributed by atoms with Crippen LogP contribution >= 0.6 is 0 Å². The lowest BCUT2D eigenvalue weighted by Gasteiger charge is -1.99. The van der Waals surface area contributed by atoms with Gasteiger partial charge in [-0.3, -0.25) is 4.79 Å². The van der Waals surface area contributed by atoms with Crippen molar-refractivity contribution in [2.75, 3.05) is 0 Å². The normalized spacial score (nSPS) is 17.8. The van der Waals surface area contributed by atoms with Gasteiger partial charge >= 0.3 is 0 Å². The fourth-order valence-electron chi connectivity index (χ4n) is 3.19. The minimum absolute atomic E-state index is 0. The summed E-state index contributed by atoms with van der Waals surface area (Å²) in [5, 5.41) is 11.2. The Balaban J connectivity index is 0.000000264. The molecule has 0 saturated carbocycles. The molecule has 0 aliphatic heterocycles. The van der Waals surface area contributed by atoms with Crippen molar-refractivity contribution < 1.29 is 27.6 Å². The molecule has 2 aromatic carbocycles. The molecule has 2 aliphatic carbocycles. The van der Waals surface area contributed by atoms with Gasteiger partial charge in [-0.15, -0.1) is 0 Å². The van der Waals surface area contributed by atoms with Crippen molar-refractivity contribution in [3.05, 3.63) is 69.8 Å². The molecule has 3 N–H and O–H groups in total. The fraction of sp³-hybridized carbons (Fsp3) is 0.300. The number of ketones is 1. The molecular formula is C20H22F4N2O2. The van der Waals surface area contributed by atoms with Crippen LogP contribution in [0.15, 0.2) is 29.4 Å². The summed E-state index contributed by atoms with van der Waals surface area (Å²) >= 11 is 0. The molecule has 0 fully saturated rings. The van der Waals surface area contributed by atoms with Crippen LogP contribution in [0.3, 0.4) is 0 Å². The van der Waals surface area contributed by atoms with Gasteiger partial charge in [0.2, 0.25) is 5.78 Å². The number of nitrogens with two attached hydrogens (primary N) is 1. The third-order valence-electron chi connectivity index (χ3n) is 4.31. The third kappa shape index (κ3) is 4.39. The Morgan fingerprint density at radius 2 is 1.50 bits per heavy atom. The number of rotatable bonds is 0. The molecule has 0 heterocycles. The van der Waals surface area contributed by atoms with Gasteiger partial charge in [0.1, 0.15) is 29.0 Å². The topological polar surface area (TPSA) is 75.7 Å². The maximum absolute atomic E-state index is 13.1. The van der Waals surface area contributed by atoms with Crippen LogP contribution in [0, 0.1) is 23.3 Å². The quantitative estimate of drug-likeness (QED) is 0.397. The maximum atomic E-state index is 13.1. The van der Waals surface area contributed by atoms with Crippen LogP contribution < -0.4 is 5.73 Å². The minimum atomic E-state index is -0.913. The number of oxime groups is 1. The Hall–Kier alpha value is -2.74. The van der Waals surface area contributed by atoms with E-state index >= 15 is 0 Å². The molecule has 0 saturated heterocycles. The number of hydrogen-bond donors (Lipinski definition) is 2. The molecule has 0 radical (unpaired) electrons. The average Bonchev–Trinajstić information content (AvgIpc) is 3.07. The highest BCUT2D eigenvalue weighted by Crippen LogP contribution is 2.25. The Bertz CT molecular complexity index is 929. The van der Waals surface area contributed by atoms with Crippen LogP contribution in [0.2, 0.25) is 0 Å². The van der Waals surface area contributed by atoms with Crippen molar-refractivity contribution in [3.8, 4) is 0 Å². The summed E-state index contributed by atoms with van der Waals surface area (Å²) in [7, 11) is 0. The van der Waals surface area contributed by atoms with E-state index in [2.05, 4.69) is 5.16 Å². The average molecular weight is 398 g/mol. The highest BCUT2D eigenvalue weighted by Gasteiger charge is 2.30. The lowest BCUT2D eigenvalue weighted by molar-refractivity contribution is 0.106. The highest BCUT2D eigenvalue weighted by molar-refractivity contribution is 6.49. The fourth-order valence-corrected chi connectivity index (χ4v) is 3.19. The van der Waals surface area contributed by atoms with Gasteiger partial charge in [0.25, 0.3) is 0 Å². The van der Waals surface area contributed by atoms with Gasteiger partial charge in [-0.25, -0.2) is 17.6 Å². The second kappa shape index (κ2) is 8.97. The van der Waals surface area contributed by atoms with Gasteiger partial charge < -0.3 is 10.9 Å². The summed E-state index contributed by atoms with van der Waals surface area (Å²) in [5.41, 5.74) is 6.79. The summed E-state index contributed by atoms with van der Waals surface area (Å²) < 4.78 is 51.5. The predicted octanol–water partition coefficient (Wildman–Crippen LogP) is 4.20. The SMILES string of the molecule is C.C.NC1Cc2cc(F)cc(F)c2C1.O=C1C(=NO)Cc2cc(F)cc(F)c21. The lowest BCUT2D eigenvalue weighted by Crippen LogP contribution is -2.19. The number of fused-ring (bicyclic) bond motifs is 2. The van der Waals surface area contributed by atoms with Crippen molar-refractivity contribution in [2.24, 2.45) is 10.9 Å². The van der Waals surface area contributed by atoms with Crippen molar-refractivity contribution >= 4 is 11.5 Å². The molecule has 8 heteroatoms. The minimum Gasteiger partial charge on any atom is -0.411 e. The summed E-state index contributed by atoms with van der Waals surface area (Å²) in [6.45, 7) is 0. The summed E-state index contributed by atoms with van der Waals surface area (Å²) in [6.07, 6.45) is 1.09. The van der Waals surface area contributed by atoms with E-state index in [1.54, 1.807) is 0 Å². The molecule has 152 valence electrons. The summed E-state index contributed by atoms with van der Waals surface area (Å²) in [5.74, 6) is -3.31. The zero-order chi connectivity index (χ0) is 19.0. The van der Waals surface area contributed by atoms with Crippen LogP contribution in [0.25, 0.3) is 0 Å². The second-order valence-corrected chi connectivity index (χ2v) is 6.17. The van der Waals surface area contributed by atoms with Crippen LogP contribution in [0.4, 0.5) is 17.6 Å². The number of hydrogen-bond acceptors (Lipinski definition) is 4. The smallest absolute Gasteiger partial charge is 0.214 e. The van der Waals surface area contributed by atoms with E-state index in [9.17, 15) is 22.4 Å². The van der Waals surface area contributed by atoms with Crippen molar-refractivity contribution in [2.45, 2.75) is 40.2 Å². The molecule has 2 aliphatic rings. The Kier molecular flexibility index (Phi) is 7.46. The predicted molar refractivity (Wildman–Crippen MR) is 98.8 cm³/mol. The molecule has 28 heavy (non-hydrogen) atoms. The number of carbonyl (C=O) groups is 1. The van der Waals surface area contributed by atoms with E-state index in [0.717, 1.165) is 17.7 Å². The first-order valence-electron chi connectivity index (χ1n) is 7.76. The van der Waals surface area contributed by atoms with Gasteiger partial charge in [-0.05, 0) is 41.7 Å². The Labute approximate surface area is 160 Å². The molecule has 0 bridgehead atoms. The van der Waals surface area contributed by atoms with E-state index in [0.29, 0.717) is 24.5 Å². The van der Waals surface area contributed by atoms with E-state index in [-0.39, 0.29) is 44.2 Å². The standard InChI is InChI=1S/C9H5F2NO2.C9H9F2N.2CH4/c10-5-1-4-2-7(12-14)9(13)8(4)6(11)3-5;10-6-1-5-2-7(12)4-8(5)9(11)3-6;;/h1,3,14H,2H2;1,3,7H,2,4,12H2;2*1H4. The number of carbonyl (C=O) groups excluding carboxylic acids is 1. The van der Waals surface area contributed by atoms with Gasteiger partial charge in [0.05, 0.1) is 5.56 Å². The van der Waals surface area contributed by atoms with Gasteiger partial charge in [0.15, 0.2) is 0 Å². The molecule has 1 unspecified atom stereocenters. The number of halogens is 4. The number of Topliss-reactive ketones (excluding diaryl/α,β-unsaturated/α-hetero) is 1. The molecule has 4 nitrogen and oxygen atoms in total. The van der Waals surface area contributed by atoms with Crippen LogP contribution in [0.5, 0.6) is 0 Å². The Morgan fingerprint density at radius 3 is 2.11 bits per heavy atom. The first kappa shape index (κ1) is 23.3. The second-order valence-electron chi connectivity index (χ2n) is 6.17. The third-order valence-corrected chi connectivity index (χ3v) is 4.31. The van der Waals surface area contributed by atoms with Crippen LogP contribution in [-0.2, 0) is 19.3 Å². The zero-order valence-corrected chi connectivity index (χ0v) is 13.4. The molecule has 2 aromatic rings. The van der Waals surface area contributed by atoms with Crippen molar-refractivity contribution in [1.82, 2.24) is 0 Å². The van der Waals surface area contributed by atoms with Crippen LogP contribution in [0.1, 0.15) is 41.9 Å². The molecule has 0 aromatic heterocycles. The van der Waals surface area contributed by atoms with E-state index < -0.39 is 29.1 Å². The maximum Gasteiger partial charge on any atom is 0.214 e. The monoisotopic (exact) mass is 398 g/mol. The van der Waals surface area contributed by atoms with E-state index in [1.807, 2.05) is 0 Å². The molecule has 1 atom stereocenters. The Morgan fingerprint density at radius 1 is 0.929 bits per heavy atom. The number of nitrogens with zero attached hydrogens (tertiary/aromatic N) is 1. The summed E-state index contributed by atoms with van der Waals surface area (Å²) in [6, 6.07) is 3.93. The largest absolute Gasteiger partial charge is 0.411 e. The van der Waals surface area contributed by atoms with Gasteiger partial charge in [0, 0.05) is 24.6 Å². The van der Waals surface area contributed by atoms with E-state index in [1.165, 1.54) is 6.07 Å². The molecule has 0 amide bonds. The van der Waals surface area contributed by atoms with Crippen molar-refractivity contribution in [1.29, 1.82) is 0 Å². The molecule has 4 rings (SSSR count). The zero-order valence-electron chi connectivity index (χ0n) is 13.4. The van der Waals surface area contributed by atoms with Crippen molar-refractivity contribution in [3.63, 3.8) is 0 Å². The van der Waals surface area contributed by atoms with Gasteiger partial charge in [-0.1, -0.05) is 20.0 Å². The summed E-state index contributed by atoms with van der Waals surface area (Å²) in [4.78, 5) is 11.3. The lowest BCUT2D eigenvalue weighted by atomic mass is 10.1. The first-order valence-corrected chi connectivity index (χ1v) is 7.76. The molecule has 0 spiro atoms. The number of benzene rings is 2. The van der Waals surface area contributed by atoms with Crippen LogP contribution in [-0.4, -0.2) is 22.7 Å².